The topological polar surface area (TPSA) is 70.2 Å². The molecular formula is C12H16ClN3O2. The standard InChI is InChI=1S/C12H16ClN3O2/c1-7(2)15-12(18)16-8-4-5-9(10(13)6-8)11(17)14-3/h4-7H,1-3H3,(H,14,17)(H2,15,16,18). The maximum Gasteiger partial charge on any atom is 0.319 e. The molecule has 0 fully saturated rings. The van der Waals surface area contributed by atoms with Gasteiger partial charge in [0.1, 0.15) is 0 Å². The Labute approximate surface area is 111 Å². The third-order valence-corrected chi connectivity index (χ3v) is 2.43. The number of carbonyl (C=O) groups is 2. The minimum Gasteiger partial charge on any atom is -0.355 e. The lowest BCUT2D eigenvalue weighted by Gasteiger charge is -2.11. The number of nitrogens with one attached hydrogen (secondary N) is 3. The SMILES string of the molecule is CNC(=O)c1ccc(NC(=O)NC(C)C)cc1Cl. The van der Waals surface area contributed by atoms with Gasteiger partial charge in [-0.3, -0.25) is 4.79 Å². The number of halogens is 1. The van der Waals surface area contributed by atoms with Crippen molar-refractivity contribution in [3.8, 4) is 0 Å². The van der Waals surface area contributed by atoms with Crippen LogP contribution in [0.1, 0.15) is 24.2 Å². The average Bonchev–Trinajstić information content (AvgIpc) is 2.27. The van der Waals surface area contributed by atoms with E-state index < -0.39 is 0 Å². The number of benzene rings is 1. The molecule has 1 aromatic rings. The molecule has 1 aromatic carbocycles. The van der Waals surface area contributed by atoms with Gasteiger partial charge in [-0.1, -0.05) is 11.6 Å². The number of hydrogen-bond donors (Lipinski definition) is 3. The lowest BCUT2D eigenvalue weighted by Crippen LogP contribution is -2.34. The Kier molecular flexibility index (Phi) is 4.97. The fourth-order valence-corrected chi connectivity index (χ4v) is 1.61. The smallest absolute Gasteiger partial charge is 0.319 e. The van der Waals surface area contributed by atoms with Gasteiger partial charge in [0.05, 0.1) is 10.6 Å². The van der Waals surface area contributed by atoms with Gasteiger partial charge in [-0.05, 0) is 32.0 Å². The van der Waals surface area contributed by atoms with Crippen LogP contribution in [0.4, 0.5) is 10.5 Å². The van der Waals surface area contributed by atoms with Crippen LogP contribution >= 0.6 is 11.6 Å². The summed E-state index contributed by atoms with van der Waals surface area (Å²) < 4.78 is 0. The van der Waals surface area contributed by atoms with Crippen LogP contribution in [0, 0.1) is 0 Å². The number of anilines is 1. The first-order valence-corrected chi connectivity index (χ1v) is 5.91. The molecule has 0 aromatic heterocycles. The normalized spacial score (nSPS) is 10.1. The van der Waals surface area contributed by atoms with E-state index in [0.717, 1.165) is 0 Å². The van der Waals surface area contributed by atoms with Crippen LogP contribution in [0.25, 0.3) is 0 Å². The predicted molar refractivity (Wildman–Crippen MR) is 72.1 cm³/mol. The molecule has 0 saturated carbocycles. The Hall–Kier alpha value is -1.75. The molecule has 5 nitrogen and oxygen atoms in total. The molecule has 0 heterocycles. The lowest BCUT2D eigenvalue weighted by molar-refractivity contribution is 0.0963. The van der Waals surface area contributed by atoms with E-state index in [1.807, 2.05) is 13.8 Å². The minimum absolute atomic E-state index is 0.0469. The first-order valence-electron chi connectivity index (χ1n) is 5.53. The Morgan fingerprint density at radius 1 is 1.28 bits per heavy atom. The van der Waals surface area contributed by atoms with Crippen LogP contribution in [-0.2, 0) is 0 Å². The summed E-state index contributed by atoms with van der Waals surface area (Å²) in [5.74, 6) is -0.266. The average molecular weight is 270 g/mol. The van der Waals surface area contributed by atoms with Crippen LogP contribution in [-0.4, -0.2) is 25.0 Å². The number of rotatable bonds is 3. The van der Waals surface area contributed by atoms with Crippen molar-refractivity contribution >= 4 is 29.2 Å². The van der Waals surface area contributed by atoms with Crippen LogP contribution in [0.15, 0.2) is 18.2 Å². The van der Waals surface area contributed by atoms with Gasteiger partial charge in [0.15, 0.2) is 0 Å². The Bertz CT molecular complexity index is 461. The summed E-state index contributed by atoms with van der Waals surface area (Å²) in [4.78, 5) is 22.9. The fourth-order valence-electron chi connectivity index (χ4n) is 1.34. The van der Waals surface area contributed by atoms with Crippen molar-refractivity contribution in [3.05, 3.63) is 28.8 Å². The van der Waals surface area contributed by atoms with Crippen molar-refractivity contribution in [3.63, 3.8) is 0 Å². The van der Waals surface area contributed by atoms with Crippen LogP contribution in [0.5, 0.6) is 0 Å². The van der Waals surface area contributed by atoms with Gasteiger partial charge in [-0.15, -0.1) is 0 Å². The van der Waals surface area contributed by atoms with Gasteiger partial charge in [0, 0.05) is 18.8 Å². The zero-order chi connectivity index (χ0) is 13.7. The quantitative estimate of drug-likeness (QED) is 0.787. The molecule has 0 atom stereocenters. The van der Waals surface area contributed by atoms with E-state index in [1.54, 1.807) is 12.1 Å². The monoisotopic (exact) mass is 269 g/mol. The molecule has 6 heteroatoms. The van der Waals surface area contributed by atoms with Crippen molar-refractivity contribution in [2.45, 2.75) is 19.9 Å². The third-order valence-electron chi connectivity index (χ3n) is 2.12. The van der Waals surface area contributed by atoms with Crippen LogP contribution < -0.4 is 16.0 Å². The molecule has 0 aliphatic carbocycles. The van der Waals surface area contributed by atoms with Gasteiger partial charge in [0.2, 0.25) is 0 Å². The number of urea groups is 1. The largest absolute Gasteiger partial charge is 0.355 e. The van der Waals surface area contributed by atoms with Crippen molar-refractivity contribution in [1.82, 2.24) is 10.6 Å². The Morgan fingerprint density at radius 2 is 1.94 bits per heavy atom. The molecule has 0 spiro atoms. The van der Waals surface area contributed by atoms with Gasteiger partial charge >= 0.3 is 6.03 Å². The van der Waals surface area contributed by atoms with Crippen molar-refractivity contribution in [2.75, 3.05) is 12.4 Å². The summed E-state index contributed by atoms with van der Waals surface area (Å²) in [7, 11) is 1.53. The summed E-state index contributed by atoms with van der Waals surface area (Å²) in [6.07, 6.45) is 0. The molecular weight excluding hydrogens is 254 g/mol. The van der Waals surface area contributed by atoms with Gasteiger partial charge in [-0.25, -0.2) is 4.79 Å². The maximum absolute atomic E-state index is 11.5. The van der Waals surface area contributed by atoms with E-state index in [0.29, 0.717) is 11.3 Å². The lowest BCUT2D eigenvalue weighted by atomic mass is 10.2. The second kappa shape index (κ2) is 6.26. The van der Waals surface area contributed by atoms with E-state index >= 15 is 0 Å². The van der Waals surface area contributed by atoms with Crippen molar-refractivity contribution < 1.29 is 9.59 Å². The number of hydrogen-bond acceptors (Lipinski definition) is 2. The van der Waals surface area contributed by atoms with Crippen molar-refractivity contribution in [2.24, 2.45) is 0 Å². The van der Waals surface area contributed by atoms with E-state index in [-0.39, 0.29) is 23.0 Å². The van der Waals surface area contributed by atoms with Gasteiger partial charge in [-0.2, -0.15) is 0 Å². The molecule has 0 aliphatic rings. The summed E-state index contributed by atoms with van der Waals surface area (Å²) in [6, 6.07) is 4.45. The summed E-state index contributed by atoms with van der Waals surface area (Å²) in [5, 5.41) is 8.09. The molecule has 3 amide bonds. The Morgan fingerprint density at radius 3 is 2.44 bits per heavy atom. The second-order valence-electron chi connectivity index (χ2n) is 4.03. The van der Waals surface area contributed by atoms with E-state index in [9.17, 15) is 9.59 Å². The van der Waals surface area contributed by atoms with Crippen LogP contribution in [0.2, 0.25) is 5.02 Å². The van der Waals surface area contributed by atoms with Crippen molar-refractivity contribution in [1.29, 1.82) is 0 Å². The first-order chi connectivity index (χ1) is 8.43. The summed E-state index contributed by atoms with van der Waals surface area (Å²) >= 11 is 5.96. The highest BCUT2D eigenvalue weighted by Gasteiger charge is 2.10. The number of amides is 3. The summed E-state index contributed by atoms with van der Waals surface area (Å²) in [6.45, 7) is 3.72. The maximum atomic E-state index is 11.5. The molecule has 3 N–H and O–H groups in total. The predicted octanol–water partition coefficient (Wildman–Crippen LogP) is 2.23. The highest BCUT2D eigenvalue weighted by molar-refractivity contribution is 6.34. The molecule has 1 rings (SSSR count). The van der Waals surface area contributed by atoms with E-state index in [1.165, 1.54) is 13.1 Å². The zero-order valence-corrected chi connectivity index (χ0v) is 11.3. The molecule has 0 aliphatic heterocycles. The fraction of sp³-hybridized carbons (Fsp3) is 0.333. The minimum atomic E-state index is -0.311. The molecule has 0 bridgehead atoms. The van der Waals surface area contributed by atoms with E-state index in [2.05, 4.69) is 16.0 Å². The zero-order valence-electron chi connectivity index (χ0n) is 10.5. The molecule has 0 radical (unpaired) electrons. The molecule has 98 valence electrons. The first kappa shape index (κ1) is 14.3. The summed E-state index contributed by atoms with van der Waals surface area (Å²) in [5.41, 5.74) is 0.903. The highest BCUT2D eigenvalue weighted by Crippen LogP contribution is 2.20. The van der Waals surface area contributed by atoms with E-state index in [4.69, 9.17) is 11.6 Å². The highest BCUT2D eigenvalue weighted by atomic mass is 35.5. The number of carbonyl (C=O) groups excluding carboxylic acids is 2. The van der Waals surface area contributed by atoms with Gasteiger partial charge < -0.3 is 16.0 Å². The molecule has 0 unspecified atom stereocenters. The second-order valence-corrected chi connectivity index (χ2v) is 4.43. The third kappa shape index (κ3) is 3.92. The van der Waals surface area contributed by atoms with Gasteiger partial charge in [0.25, 0.3) is 5.91 Å². The van der Waals surface area contributed by atoms with Crippen LogP contribution in [0.3, 0.4) is 0 Å². The Balaban J connectivity index is 2.79. The molecule has 0 saturated heterocycles. The molecule has 18 heavy (non-hydrogen) atoms.